The maximum Gasteiger partial charge on any atom is 0.272 e. The second-order valence-corrected chi connectivity index (χ2v) is 6.83. The molecule has 0 N–H and O–H groups in total. The number of carbonyl (C=O) groups excluding carboxylic acids is 2. The van der Waals surface area contributed by atoms with Crippen LogP contribution >= 0.6 is 0 Å². The molecule has 2 saturated heterocycles. The lowest BCUT2D eigenvalue weighted by atomic mass is 10.1. The molecule has 0 spiro atoms. The van der Waals surface area contributed by atoms with Crippen LogP contribution in [-0.2, 0) is 23.1 Å². The molecule has 7 nitrogen and oxygen atoms in total. The first kappa shape index (κ1) is 16.8. The van der Waals surface area contributed by atoms with E-state index in [1.54, 1.807) is 29.0 Å². The van der Waals surface area contributed by atoms with Crippen LogP contribution in [0, 0.1) is 0 Å². The van der Waals surface area contributed by atoms with Crippen molar-refractivity contribution in [2.24, 2.45) is 7.05 Å². The van der Waals surface area contributed by atoms with E-state index in [1.165, 1.54) is 0 Å². The summed E-state index contributed by atoms with van der Waals surface area (Å²) < 4.78 is 7.63. The number of imidazole rings is 1. The van der Waals surface area contributed by atoms with E-state index >= 15 is 0 Å². The predicted octanol–water partition coefficient (Wildman–Crippen LogP) is 1.06. The third-order valence-corrected chi connectivity index (χ3v) is 5.12. The number of aromatic nitrogens is 2. The fraction of sp³-hybridized carbons (Fsp3) is 0.421. The van der Waals surface area contributed by atoms with E-state index in [4.69, 9.17) is 4.74 Å². The largest absolute Gasteiger partial charge is 0.374 e. The highest BCUT2D eigenvalue weighted by atomic mass is 16.5. The van der Waals surface area contributed by atoms with Crippen molar-refractivity contribution < 1.29 is 14.3 Å². The monoisotopic (exact) mass is 354 g/mol. The van der Waals surface area contributed by atoms with Gasteiger partial charge in [-0.2, -0.15) is 0 Å². The number of fused-ring (bicyclic) bond motifs is 1. The molecule has 1 aromatic heterocycles. The lowest BCUT2D eigenvalue weighted by Crippen LogP contribution is -2.45. The Kier molecular flexibility index (Phi) is 4.46. The van der Waals surface area contributed by atoms with Crippen molar-refractivity contribution in [3.05, 3.63) is 54.1 Å². The van der Waals surface area contributed by atoms with E-state index in [-0.39, 0.29) is 24.0 Å². The highest BCUT2D eigenvalue weighted by Crippen LogP contribution is 2.26. The van der Waals surface area contributed by atoms with Gasteiger partial charge in [-0.15, -0.1) is 0 Å². The van der Waals surface area contributed by atoms with Crippen molar-refractivity contribution in [3.63, 3.8) is 0 Å². The van der Waals surface area contributed by atoms with E-state index < -0.39 is 0 Å². The van der Waals surface area contributed by atoms with Crippen LogP contribution < -0.4 is 0 Å². The van der Waals surface area contributed by atoms with Gasteiger partial charge in [0, 0.05) is 26.7 Å². The first-order valence-corrected chi connectivity index (χ1v) is 8.84. The number of amides is 2. The van der Waals surface area contributed by atoms with Gasteiger partial charge in [0.15, 0.2) is 0 Å². The SMILES string of the molecule is Cn1cncc1C(=O)N1C[C@@H]2OCCC(=O)N(Cc3ccccc3)[C@H]2C1. The van der Waals surface area contributed by atoms with Gasteiger partial charge in [-0.1, -0.05) is 30.3 Å². The van der Waals surface area contributed by atoms with E-state index in [9.17, 15) is 9.59 Å². The van der Waals surface area contributed by atoms with Gasteiger partial charge in [-0.3, -0.25) is 9.59 Å². The number of likely N-dealkylation sites (tertiary alicyclic amines) is 1. The third kappa shape index (κ3) is 3.10. The Morgan fingerprint density at radius 2 is 2.08 bits per heavy atom. The molecule has 0 unspecified atom stereocenters. The number of carbonyl (C=O) groups is 2. The number of hydrogen-bond donors (Lipinski definition) is 0. The molecule has 2 aromatic rings. The van der Waals surface area contributed by atoms with E-state index in [0.29, 0.717) is 38.4 Å². The van der Waals surface area contributed by atoms with E-state index in [2.05, 4.69) is 4.98 Å². The van der Waals surface area contributed by atoms with Crippen LogP contribution in [0.5, 0.6) is 0 Å². The molecule has 2 aliphatic rings. The minimum absolute atomic E-state index is 0.0752. The molecule has 7 heteroatoms. The van der Waals surface area contributed by atoms with Crippen molar-refractivity contribution >= 4 is 11.8 Å². The Morgan fingerprint density at radius 3 is 2.81 bits per heavy atom. The Balaban J connectivity index is 1.55. The summed E-state index contributed by atoms with van der Waals surface area (Å²) >= 11 is 0. The topological polar surface area (TPSA) is 67.7 Å². The molecule has 0 bridgehead atoms. The molecular formula is C19H22N4O3. The molecule has 0 saturated carbocycles. The van der Waals surface area contributed by atoms with Gasteiger partial charge >= 0.3 is 0 Å². The number of benzene rings is 1. The summed E-state index contributed by atoms with van der Waals surface area (Å²) in [5.41, 5.74) is 1.63. The summed E-state index contributed by atoms with van der Waals surface area (Å²) in [6.07, 6.45) is 3.42. The molecule has 1 aromatic carbocycles. The summed E-state index contributed by atoms with van der Waals surface area (Å²) in [7, 11) is 1.80. The summed E-state index contributed by atoms with van der Waals surface area (Å²) in [5.74, 6) is 0.00460. The molecule has 2 aliphatic heterocycles. The maximum atomic E-state index is 12.8. The van der Waals surface area contributed by atoms with Crippen LogP contribution in [0.4, 0.5) is 0 Å². The highest BCUT2D eigenvalue weighted by Gasteiger charge is 2.43. The lowest BCUT2D eigenvalue weighted by molar-refractivity contribution is -0.133. The summed E-state index contributed by atoms with van der Waals surface area (Å²) in [6.45, 7) is 1.91. The normalized spacial score (nSPS) is 23.0. The molecule has 2 fully saturated rings. The van der Waals surface area contributed by atoms with Crippen molar-refractivity contribution in [2.75, 3.05) is 19.7 Å². The fourth-order valence-corrected chi connectivity index (χ4v) is 3.72. The Bertz CT molecular complexity index is 804. The first-order chi connectivity index (χ1) is 12.6. The zero-order valence-corrected chi connectivity index (χ0v) is 14.7. The Hall–Kier alpha value is -2.67. The smallest absolute Gasteiger partial charge is 0.272 e. The first-order valence-electron chi connectivity index (χ1n) is 8.84. The van der Waals surface area contributed by atoms with E-state index in [1.807, 2.05) is 35.2 Å². The van der Waals surface area contributed by atoms with Crippen molar-refractivity contribution in [1.82, 2.24) is 19.4 Å². The molecule has 3 heterocycles. The average Bonchev–Trinajstić information content (AvgIpc) is 3.23. The Morgan fingerprint density at radius 1 is 1.27 bits per heavy atom. The van der Waals surface area contributed by atoms with Gasteiger partial charge in [0.1, 0.15) is 5.69 Å². The molecule has 0 aliphatic carbocycles. The maximum absolute atomic E-state index is 12.8. The van der Waals surface area contributed by atoms with Crippen LogP contribution in [0.2, 0.25) is 0 Å². The molecule has 136 valence electrons. The molecule has 0 radical (unpaired) electrons. The zero-order valence-electron chi connectivity index (χ0n) is 14.7. The molecule has 2 amide bonds. The van der Waals surface area contributed by atoms with Crippen molar-refractivity contribution in [2.45, 2.75) is 25.1 Å². The van der Waals surface area contributed by atoms with Crippen LogP contribution in [0.3, 0.4) is 0 Å². The number of aryl methyl sites for hydroxylation is 1. The Labute approximate surface area is 152 Å². The summed E-state index contributed by atoms with van der Waals surface area (Å²) in [5, 5.41) is 0. The lowest BCUT2D eigenvalue weighted by Gasteiger charge is -2.29. The number of hydrogen-bond acceptors (Lipinski definition) is 4. The molecular weight excluding hydrogens is 332 g/mol. The number of rotatable bonds is 3. The van der Waals surface area contributed by atoms with Gasteiger partial charge < -0.3 is 19.1 Å². The van der Waals surface area contributed by atoms with Crippen molar-refractivity contribution in [3.8, 4) is 0 Å². The molecule has 26 heavy (non-hydrogen) atoms. The highest BCUT2D eigenvalue weighted by molar-refractivity contribution is 5.92. The second kappa shape index (κ2) is 6.92. The second-order valence-electron chi connectivity index (χ2n) is 6.83. The quantitative estimate of drug-likeness (QED) is 0.827. The number of ether oxygens (including phenoxy) is 1. The van der Waals surface area contributed by atoms with Gasteiger partial charge in [0.2, 0.25) is 5.91 Å². The van der Waals surface area contributed by atoms with Gasteiger partial charge in [0.05, 0.1) is 37.7 Å². The van der Waals surface area contributed by atoms with Crippen LogP contribution in [-0.4, -0.2) is 63.0 Å². The molecule has 4 rings (SSSR count). The van der Waals surface area contributed by atoms with Gasteiger partial charge in [0.25, 0.3) is 5.91 Å². The van der Waals surface area contributed by atoms with E-state index in [0.717, 1.165) is 5.56 Å². The minimum Gasteiger partial charge on any atom is -0.374 e. The summed E-state index contributed by atoms with van der Waals surface area (Å²) in [6, 6.07) is 9.81. The van der Waals surface area contributed by atoms with Crippen LogP contribution in [0.15, 0.2) is 42.9 Å². The van der Waals surface area contributed by atoms with Crippen LogP contribution in [0.1, 0.15) is 22.5 Å². The predicted molar refractivity (Wildman–Crippen MR) is 94.2 cm³/mol. The molecule has 2 atom stereocenters. The van der Waals surface area contributed by atoms with Gasteiger partial charge in [-0.05, 0) is 5.56 Å². The fourth-order valence-electron chi connectivity index (χ4n) is 3.72. The van der Waals surface area contributed by atoms with Crippen molar-refractivity contribution in [1.29, 1.82) is 0 Å². The van der Waals surface area contributed by atoms with Gasteiger partial charge in [-0.25, -0.2) is 4.98 Å². The average molecular weight is 354 g/mol. The summed E-state index contributed by atoms with van der Waals surface area (Å²) in [4.78, 5) is 33.1. The third-order valence-electron chi connectivity index (χ3n) is 5.12. The minimum atomic E-state index is -0.151. The zero-order chi connectivity index (χ0) is 18.1. The standard InChI is InChI=1S/C19H22N4O3/c1-21-13-20-9-15(21)19(25)22-11-16-17(12-22)26-8-7-18(24)23(16)10-14-5-3-2-4-6-14/h2-6,9,13,16-17H,7-8,10-12H2,1H3/t16-,17-/m0/s1. The number of nitrogens with zero attached hydrogens (tertiary/aromatic N) is 4. The van der Waals surface area contributed by atoms with Crippen LogP contribution in [0.25, 0.3) is 0 Å².